The van der Waals surface area contributed by atoms with Crippen LogP contribution in [0.3, 0.4) is 0 Å². The van der Waals surface area contributed by atoms with Gasteiger partial charge in [-0.25, -0.2) is 0 Å². The summed E-state index contributed by atoms with van der Waals surface area (Å²) in [5.41, 5.74) is 0. The number of hydrogen-bond donors (Lipinski definition) is 11. The largest absolute Gasteiger partial charge is 0.395 e. The molecule has 0 aromatic rings. The van der Waals surface area contributed by atoms with Crippen LogP contribution in [0.15, 0.2) is 0 Å². The van der Waals surface area contributed by atoms with Gasteiger partial charge in [0, 0.05) is 0 Å². The van der Waals surface area contributed by atoms with Crippen molar-refractivity contribution >= 4 is 0 Å². The van der Waals surface area contributed by atoms with E-state index in [1.807, 2.05) is 0 Å². The van der Waals surface area contributed by atoms with Crippen molar-refractivity contribution in [1.82, 2.24) is 5.32 Å². The molecule has 2 aliphatic rings. The van der Waals surface area contributed by atoms with Crippen LogP contribution < -0.4 is 5.32 Å². The van der Waals surface area contributed by atoms with Crippen molar-refractivity contribution in [3.05, 3.63) is 0 Å². The lowest BCUT2D eigenvalue weighted by atomic mass is 9.94. The van der Waals surface area contributed by atoms with E-state index in [9.17, 15) is 51.1 Å². The highest BCUT2D eigenvalue weighted by Gasteiger charge is 2.53. The van der Waals surface area contributed by atoms with Crippen molar-refractivity contribution in [2.45, 2.75) is 163 Å². The van der Waals surface area contributed by atoms with Crippen LogP contribution in [0, 0.1) is 0 Å². The van der Waals surface area contributed by atoms with E-state index in [2.05, 4.69) is 12.2 Å². The number of aliphatic hydroxyl groups is 10. The maximum Gasteiger partial charge on any atom is 0.207 e. The van der Waals surface area contributed by atoms with Crippen LogP contribution in [0.4, 0.5) is 0 Å². The second-order valence-corrected chi connectivity index (χ2v) is 12.4. The summed E-state index contributed by atoms with van der Waals surface area (Å²) in [6.45, 7) is -0.176. The molecule has 0 aromatic heterocycles. The predicted octanol–water partition coefficient (Wildman–Crippen LogP) is -1.62. The molecule has 2 rings (SSSR count). The molecular formula is C30H59NO13. The van der Waals surface area contributed by atoms with Gasteiger partial charge in [0.05, 0.1) is 44.6 Å². The summed E-state index contributed by atoms with van der Waals surface area (Å²) < 4.78 is 16.0. The quantitative estimate of drug-likeness (QED) is 0.0596. The summed E-state index contributed by atoms with van der Waals surface area (Å²) >= 11 is 0. The molecule has 14 nitrogen and oxygen atoms in total. The number of unbranched alkanes of at least 4 members (excludes halogenated alkanes) is 11. The lowest BCUT2D eigenvalue weighted by Gasteiger charge is -2.47. The lowest BCUT2D eigenvalue weighted by molar-refractivity contribution is -0.367. The second-order valence-electron chi connectivity index (χ2n) is 12.4. The smallest absolute Gasteiger partial charge is 0.207 e. The minimum atomic E-state index is -2.40. The van der Waals surface area contributed by atoms with Crippen molar-refractivity contribution < 1.29 is 65.3 Å². The van der Waals surface area contributed by atoms with Gasteiger partial charge in [0.25, 0.3) is 0 Å². The first kappa shape index (κ1) is 39.6. The predicted molar refractivity (Wildman–Crippen MR) is 158 cm³/mol. The highest BCUT2D eigenvalue weighted by atomic mass is 16.7. The van der Waals surface area contributed by atoms with E-state index in [0.29, 0.717) is 12.8 Å². The monoisotopic (exact) mass is 641 g/mol. The van der Waals surface area contributed by atoms with Gasteiger partial charge in [0.1, 0.15) is 42.7 Å². The molecule has 0 saturated carbocycles. The van der Waals surface area contributed by atoms with Crippen LogP contribution in [0.5, 0.6) is 0 Å². The minimum absolute atomic E-state index is 0.321. The molecule has 11 N–H and O–H groups in total. The summed E-state index contributed by atoms with van der Waals surface area (Å²) in [7, 11) is 0. The third-order valence-electron chi connectivity index (χ3n) is 8.77. The lowest BCUT2D eigenvalue weighted by Crippen LogP contribution is -2.68. The first-order valence-electron chi connectivity index (χ1n) is 16.4. The van der Waals surface area contributed by atoms with Gasteiger partial charge < -0.3 is 70.6 Å². The molecule has 2 aliphatic heterocycles. The van der Waals surface area contributed by atoms with Gasteiger partial charge in [-0.3, -0.25) is 0 Å². The Morgan fingerprint density at radius 2 is 1.39 bits per heavy atom. The molecule has 0 amide bonds. The van der Waals surface area contributed by atoms with E-state index in [1.165, 1.54) is 51.4 Å². The van der Waals surface area contributed by atoms with E-state index in [0.717, 1.165) is 19.3 Å². The average Bonchev–Trinajstić information content (AvgIpc) is 3.01. The van der Waals surface area contributed by atoms with Crippen LogP contribution >= 0.6 is 0 Å². The SMILES string of the molecule is CCCCCCCCCCCCCC[C@@H](O)[C@@H](O)[C@H](CO)NCC1(O)OC[C@@H](O)[C@@H](O[C@H]2O[C@H](CO)[C@@H](O)[C@H](O)[C@H]2O)[C@@H]1O. The molecule has 1 unspecified atom stereocenters. The van der Waals surface area contributed by atoms with Crippen molar-refractivity contribution in [3.63, 3.8) is 0 Å². The first-order valence-corrected chi connectivity index (χ1v) is 16.4. The molecule has 44 heavy (non-hydrogen) atoms. The fraction of sp³-hybridized carbons (Fsp3) is 1.00. The third kappa shape index (κ3) is 11.9. The Balaban J connectivity index is 1.77. The van der Waals surface area contributed by atoms with E-state index in [1.54, 1.807) is 0 Å². The molecule has 14 heteroatoms. The standard InChI is InChI=1S/C30H59NO13/c1-2-3-4-5-6-7-8-9-10-11-12-13-14-20(34)23(36)19(15-32)31-18-30(41)28(40)27(21(35)17-42-30)44-29-26(39)25(38)24(37)22(16-33)43-29/h19-29,31-41H,2-18H2,1H3/t19-,20+,21+,22+,23-,24+,25-,26+,27+,28-,29+,30?/m0/s1. The number of ether oxygens (including phenoxy) is 3. The van der Waals surface area contributed by atoms with Crippen LogP contribution in [-0.2, 0) is 14.2 Å². The Morgan fingerprint density at radius 3 is 1.93 bits per heavy atom. The number of nitrogens with one attached hydrogen (secondary N) is 1. The van der Waals surface area contributed by atoms with Crippen molar-refractivity contribution in [1.29, 1.82) is 0 Å². The maximum absolute atomic E-state index is 11.0. The normalized spacial score (nSPS) is 35.0. The highest BCUT2D eigenvalue weighted by Crippen LogP contribution is 2.30. The number of aliphatic hydroxyl groups excluding tert-OH is 9. The topological polar surface area (TPSA) is 242 Å². The Kier molecular flexibility index (Phi) is 18.6. The van der Waals surface area contributed by atoms with Gasteiger partial charge in [0.2, 0.25) is 5.79 Å². The Bertz CT molecular complexity index is 752. The van der Waals surface area contributed by atoms with Crippen LogP contribution in [0.25, 0.3) is 0 Å². The molecule has 2 saturated heterocycles. The summed E-state index contributed by atoms with van der Waals surface area (Å²) in [6.07, 6.45) is -1.45. The second kappa shape index (κ2) is 20.6. The Labute approximate surface area is 260 Å². The van der Waals surface area contributed by atoms with E-state index in [4.69, 9.17) is 14.2 Å². The summed E-state index contributed by atoms with van der Waals surface area (Å²) in [4.78, 5) is 0. The molecule has 12 atom stereocenters. The average molecular weight is 642 g/mol. The highest BCUT2D eigenvalue weighted by molar-refractivity contribution is 4.97. The molecule has 0 aromatic carbocycles. The molecule has 0 spiro atoms. The third-order valence-corrected chi connectivity index (χ3v) is 8.77. The molecule has 0 bridgehead atoms. The van der Waals surface area contributed by atoms with Crippen molar-refractivity contribution in [2.24, 2.45) is 0 Å². The van der Waals surface area contributed by atoms with E-state index >= 15 is 0 Å². The summed E-state index contributed by atoms with van der Waals surface area (Å²) in [6, 6.07) is -1.08. The zero-order valence-corrected chi connectivity index (χ0v) is 26.1. The van der Waals surface area contributed by atoms with Gasteiger partial charge >= 0.3 is 0 Å². The van der Waals surface area contributed by atoms with Crippen LogP contribution in [0.2, 0.25) is 0 Å². The number of rotatable bonds is 22. The van der Waals surface area contributed by atoms with Gasteiger partial charge in [-0.2, -0.15) is 0 Å². The Hall–Kier alpha value is -0.560. The first-order chi connectivity index (χ1) is 21.0. The number of hydrogen-bond acceptors (Lipinski definition) is 14. The van der Waals surface area contributed by atoms with E-state index < -0.39 is 99.4 Å². The summed E-state index contributed by atoms with van der Waals surface area (Å²) in [5, 5.41) is 106. The molecule has 0 aliphatic carbocycles. The van der Waals surface area contributed by atoms with E-state index in [-0.39, 0.29) is 0 Å². The minimum Gasteiger partial charge on any atom is -0.395 e. The molecule has 2 fully saturated rings. The van der Waals surface area contributed by atoms with Crippen LogP contribution in [0.1, 0.15) is 90.4 Å². The molecule has 0 radical (unpaired) electrons. The van der Waals surface area contributed by atoms with Gasteiger partial charge in [0.15, 0.2) is 6.29 Å². The van der Waals surface area contributed by atoms with Gasteiger partial charge in [-0.1, -0.05) is 84.0 Å². The molecule has 262 valence electrons. The molecular weight excluding hydrogens is 582 g/mol. The van der Waals surface area contributed by atoms with Crippen molar-refractivity contribution in [3.8, 4) is 0 Å². The van der Waals surface area contributed by atoms with Gasteiger partial charge in [-0.05, 0) is 6.42 Å². The molecule has 2 heterocycles. The zero-order valence-electron chi connectivity index (χ0n) is 26.1. The maximum atomic E-state index is 11.0. The van der Waals surface area contributed by atoms with Crippen LogP contribution in [-0.4, -0.2) is 150 Å². The zero-order chi connectivity index (χ0) is 32.7. The summed E-state index contributed by atoms with van der Waals surface area (Å²) in [5.74, 6) is -2.40. The van der Waals surface area contributed by atoms with Crippen molar-refractivity contribution in [2.75, 3.05) is 26.4 Å². The fourth-order valence-corrected chi connectivity index (χ4v) is 5.74. The Morgan fingerprint density at radius 1 is 0.818 bits per heavy atom. The fourth-order valence-electron chi connectivity index (χ4n) is 5.74. The van der Waals surface area contributed by atoms with Gasteiger partial charge in [-0.15, -0.1) is 0 Å².